The molecule has 3 aromatic carbocycles. The summed E-state index contributed by atoms with van der Waals surface area (Å²) < 4.78 is 11.4. The van der Waals surface area contributed by atoms with E-state index in [1.165, 1.54) is 0 Å². The lowest BCUT2D eigenvalue weighted by Crippen LogP contribution is -2.50. The van der Waals surface area contributed by atoms with Crippen LogP contribution in [0.1, 0.15) is 50.3 Å². The summed E-state index contributed by atoms with van der Waals surface area (Å²) in [4.78, 5) is 29.1. The maximum Gasteiger partial charge on any atom is 0.243 e. The number of rotatable bonds is 15. The number of halogens is 2. The summed E-state index contributed by atoms with van der Waals surface area (Å²) in [5, 5.41) is 3.89. The smallest absolute Gasteiger partial charge is 0.243 e. The lowest BCUT2D eigenvalue weighted by Gasteiger charge is -2.32. The summed E-state index contributed by atoms with van der Waals surface area (Å²) in [6.45, 7) is 7.49. The topological polar surface area (TPSA) is 67.9 Å². The van der Waals surface area contributed by atoms with E-state index >= 15 is 0 Å². The van der Waals surface area contributed by atoms with Crippen LogP contribution in [0.3, 0.4) is 0 Å². The molecule has 3 aromatic rings. The van der Waals surface area contributed by atoms with Crippen molar-refractivity contribution in [2.24, 2.45) is 0 Å². The summed E-state index contributed by atoms with van der Waals surface area (Å²) in [6.07, 6.45) is 1.80. The van der Waals surface area contributed by atoms with Crippen molar-refractivity contribution < 1.29 is 19.1 Å². The Hall–Kier alpha value is -3.22. The molecule has 0 saturated heterocycles. The Kier molecular flexibility index (Phi) is 12.6. The van der Waals surface area contributed by atoms with E-state index in [0.29, 0.717) is 59.7 Å². The van der Waals surface area contributed by atoms with E-state index in [0.717, 1.165) is 17.5 Å². The fraction of sp³-hybridized carbons (Fsp3) is 0.375. The van der Waals surface area contributed by atoms with Crippen LogP contribution in [0.25, 0.3) is 0 Å². The Morgan fingerprint density at radius 3 is 2.17 bits per heavy atom. The summed E-state index contributed by atoms with van der Waals surface area (Å²) in [6, 6.07) is 19.9. The number of nitrogens with zero attached hydrogens (tertiary/aromatic N) is 1. The van der Waals surface area contributed by atoms with Crippen LogP contribution in [0.15, 0.2) is 66.7 Å². The lowest BCUT2D eigenvalue weighted by atomic mass is 10.0. The van der Waals surface area contributed by atoms with Gasteiger partial charge in [-0.3, -0.25) is 9.59 Å². The second-order valence-corrected chi connectivity index (χ2v) is 10.2. The summed E-state index contributed by atoms with van der Waals surface area (Å²) in [5.74, 6) is 0.942. The minimum atomic E-state index is -0.742. The largest absolute Gasteiger partial charge is 0.490 e. The van der Waals surface area contributed by atoms with Crippen molar-refractivity contribution in [3.05, 3.63) is 93.5 Å². The van der Waals surface area contributed by atoms with Gasteiger partial charge >= 0.3 is 0 Å². The molecule has 40 heavy (non-hydrogen) atoms. The van der Waals surface area contributed by atoms with Crippen molar-refractivity contribution in [3.63, 3.8) is 0 Å². The second-order valence-electron chi connectivity index (χ2n) is 9.37. The molecule has 0 aromatic heterocycles. The van der Waals surface area contributed by atoms with Gasteiger partial charge in [-0.05, 0) is 62.1 Å². The highest BCUT2D eigenvalue weighted by atomic mass is 35.5. The molecule has 3 rings (SSSR count). The quantitative estimate of drug-likeness (QED) is 0.211. The Morgan fingerprint density at radius 2 is 1.52 bits per heavy atom. The Balaban J connectivity index is 1.93. The number of amides is 2. The van der Waals surface area contributed by atoms with Gasteiger partial charge < -0.3 is 19.7 Å². The monoisotopic (exact) mass is 584 g/mol. The molecule has 1 atom stereocenters. The van der Waals surface area contributed by atoms with Gasteiger partial charge in [-0.2, -0.15) is 0 Å². The number of hydrogen-bond donors (Lipinski definition) is 1. The second kappa shape index (κ2) is 16.1. The van der Waals surface area contributed by atoms with Gasteiger partial charge in [-0.1, -0.05) is 72.6 Å². The minimum Gasteiger partial charge on any atom is -0.490 e. The van der Waals surface area contributed by atoms with Crippen molar-refractivity contribution in [1.82, 2.24) is 10.2 Å². The first-order chi connectivity index (χ1) is 19.4. The van der Waals surface area contributed by atoms with Crippen molar-refractivity contribution >= 4 is 35.0 Å². The van der Waals surface area contributed by atoms with Crippen LogP contribution in [-0.4, -0.2) is 42.5 Å². The number of carbonyl (C=O) groups is 2. The minimum absolute atomic E-state index is 0.113. The predicted octanol–water partition coefficient (Wildman–Crippen LogP) is 6.89. The zero-order valence-electron chi connectivity index (χ0n) is 23.4. The molecule has 0 aliphatic carbocycles. The molecule has 8 heteroatoms. The first-order valence-electron chi connectivity index (χ1n) is 13.8. The molecular weight excluding hydrogens is 547 g/mol. The maximum absolute atomic E-state index is 13.9. The standard InChI is InChI=1S/C32H38Cl2N2O4/c1-4-19-35-32(38)28(20-23-11-8-7-9-12-23)36(22-25-26(33)13-10-14-27(25)34)31(37)18-16-24-15-17-29(39-5-2)30(21-24)40-6-3/h7-15,17,21,28H,4-6,16,18-20,22H2,1-3H3,(H,35,38)/t28-/m0/s1. The molecule has 0 aliphatic rings. The Labute approximate surface area is 247 Å². The third-order valence-electron chi connectivity index (χ3n) is 6.45. The predicted molar refractivity (Wildman–Crippen MR) is 161 cm³/mol. The molecular formula is C32H38Cl2N2O4. The molecule has 0 heterocycles. The van der Waals surface area contributed by atoms with Crippen molar-refractivity contribution in [3.8, 4) is 11.5 Å². The van der Waals surface area contributed by atoms with Crippen LogP contribution in [0.2, 0.25) is 10.0 Å². The van der Waals surface area contributed by atoms with Crippen LogP contribution < -0.4 is 14.8 Å². The van der Waals surface area contributed by atoms with Crippen LogP contribution in [0.5, 0.6) is 11.5 Å². The number of hydrogen-bond acceptors (Lipinski definition) is 4. The normalized spacial score (nSPS) is 11.5. The zero-order valence-corrected chi connectivity index (χ0v) is 24.9. The fourth-order valence-electron chi connectivity index (χ4n) is 4.42. The number of benzene rings is 3. The van der Waals surface area contributed by atoms with E-state index in [9.17, 15) is 9.59 Å². The third kappa shape index (κ3) is 8.90. The van der Waals surface area contributed by atoms with Gasteiger partial charge in [0.1, 0.15) is 6.04 Å². The number of carbonyl (C=O) groups excluding carboxylic acids is 2. The van der Waals surface area contributed by atoms with Crippen LogP contribution in [0, 0.1) is 0 Å². The third-order valence-corrected chi connectivity index (χ3v) is 7.15. The summed E-state index contributed by atoms with van der Waals surface area (Å²) in [5.41, 5.74) is 2.50. The van der Waals surface area contributed by atoms with E-state index in [1.807, 2.05) is 69.3 Å². The van der Waals surface area contributed by atoms with E-state index in [-0.39, 0.29) is 24.8 Å². The average molecular weight is 586 g/mol. The van der Waals surface area contributed by atoms with Gasteiger partial charge in [0.2, 0.25) is 11.8 Å². The van der Waals surface area contributed by atoms with Gasteiger partial charge in [0.05, 0.1) is 13.2 Å². The number of ether oxygens (including phenoxy) is 2. The highest BCUT2D eigenvalue weighted by Gasteiger charge is 2.31. The van der Waals surface area contributed by atoms with Crippen molar-refractivity contribution in [1.29, 1.82) is 0 Å². The molecule has 0 bridgehead atoms. The number of aryl methyl sites for hydroxylation is 1. The molecule has 0 radical (unpaired) electrons. The van der Waals surface area contributed by atoms with E-state index in [1.54, 1.807) is 23.1 Å². The molecule has 1 N–H and O–H groups in total. The van der Waals surface area contributed by atoms with Gasteiger partial charge in [0.15, 0.2) is 11.5 Å². The van der Waals surface area contributed by atoms with Crippen molar-refractivity contribution in [2.75, 3.05) is 19.8 Å². The molecule has 214 valence electrons. The van der Waals surface area contributed by atoms with Crippen LogP contribution in [-0.2, 0) is 29.0 Å². The molecule has 0 aliphatic heterocycles. The molecule has 0 spiro atoms. The van der Waals surface area contributed by atoms with Gasteiger partial charge in [-0.15, -0.1) is 0 Å². The van der Waals surface area contributed by atoms with E-state index in [2.05, 4.69) is 5.32 Å². The Morgan fingerprint density at radius 1 is 0.850 bits per heavy atom. The van der Waals surface area contributed by atoms with Gasteiger partial charge in [0, 0.05) is 41.5 Å². The Bertz CT molecular complexity index is 1230. The van der Waals surface area contributed by atoms with Gasteiger partial charge in [0.25, 0.3) is 0 Å². The molecule has 6 nitrogen and oxygen atoms in total. The average Bonchev–Trinajstić information content (AvgIpc) is 2.95. The molecule has 0 fully saturated rings. The maximum atomic E-state index is 13.9. The van der Waals surface area contributed by atoms with Crippen molar-refractivity contribution in [2.45, 2.75) is 59.0 Å². The fourth-order valence-corrected chi connectivity index (χ4v) is 4.94. The zero-order chi connectivity index (χ0) is 28.9. The van der Waals surface area contributed by atoms with Gasteiger partial charge in [-0.25, -0.2) is 0 Å². The first-order valence-corrected chi connectivity index (χ1v) is 14.6. The van der Waals surface area contributed by atoms with E-state index in [4.69, 9.17) is 32.7 Å². The SMILES string of the molecule is CCCNC(=O)[C@H](Cc1ccccc1)N(Cc1c(Cl)cccc1Cl)C(=O)CCc1ccc(OCC)c(OCC)c1. The lowest BCUT2D eigenvalue weighted by molar-refractivity contribution is -0.141. The molecule has 0 unspecified atom stereocenters. The first kappa shape index (κ1) is 31.3. The van der Waals surface area contributed by atoms with E-state index < -0.39 is 6.04 Å². The molecule has 0 saturated carbocycles. The van der Waals surface area contributed by atoms with Crippen LogP contribution in [0.4, 0.5) is 0 Å². The summed E-state index contributed by atoms with van der Waals surface area (Å²) >= 11 is 13.0. The summed E-state index contributed by atoms with van der Waals surface area (Å²) in [7, 11) is 0. The highest BCUT2D eigenvalue weighted by molar-refractivity contribution is 6.36. The number of nitrogens with one attached hydrogen (secondary N) is 1. The van der Waals surface area contributed by atoms with Crippen LogP contribution >= 0.6 is 23.2 Å². The molecule has 2 amide bonds. The highest BCUT2D eigenvalue weighted by Crippen LogP contribution is 2.30.